The van der Waals surface area contributed by atoms with Gasteiger partial charge in [-0.15, -0.1) is 0 Å². The van der Waals surface area contributed by atoms with Crippen LogP contribution < -0.4 is 0 Å². The average Bonchev–Trinajstić information content (AvgIpc) is 2.96. The van der Waals surface area contributed by atoms with Crippen LogP contribution in [-0.2, 0) is 11.2 Å². The van der Waals surface area contributed by atoms with Gasteiger partial charge in [0.1, 0.15) is 0 Å². The Bertz CT molecular complexity index is 903. The quantitative estimate of drug-likeness (QED) is 0.745. The van der Waals surface area contributed by atoms with Crippen LogP contribution in [0.3, 0.4) is 0 Å². The number of ether oxygens (including phenoxy) is 1. The molecule has 4 nitrogen and oxygen atoms in total. The van der Waals surface area contributed by atoms with Crippen molar-refractivity contribution in [1.82, 2.24) is 4.98 Å². The van der Waals surface area contributed by atoms with Crippen molar-refractivity contribution in [3.63, 3.8) is 0 Å². The van der Waals surface area contributed by atoms with E-state index in [1.54, 1.807) is 19.1 Å². The molecule has 0 atom stereocenters. The van der Waals surface area contributed by atoms with Gasteiger partial charge in [-0.2, -0.15) is 5.26 Å². The van der Waals surface area contributed by atoms with Gasteiger partial charge in [0.15, 0.2) is 0 Å². The lowest BCUT2D eigenvalue weighted by Crippen LogP contribution is -2.08. The summed E-state index contributed by atoms with van der Waals surface area (Å²) in [7, 11) is 0. The van der Waals surface area contributed by atoms with Gasteiger partial charge >= 0.3 is 5.97 Å². The van der Waals surface area contributed by atoms with E-state index in [2.05, 4.69) is 11.1 Å². The number of carbonyl (C=O) groups is 1. The number of esters is 1. The highest BCUT2D eigenvalue weighted by molar-refractivity contribution is 5.91. The number of hydrogen-bond donors (Lipinski definition) is 1. The number of H-pyrrole nitrogens is 1. The number of nitrogens with zero attached hydrogens (tertiary/aromatic N) is 1. The molecule has 0 unspecified atom stereocenters. The Labute approximate surface area is 134 Å². The summed E-state index contributed by atoms with van der Waals surface area (Å²) in [4.78, 5) is 15.4. The zero-order valence-electron chi connectivity index (χ0n) is 12.8. The van der Waals surface area contributed by atoms with Crippen LogP contribution >= 0.6 is 0 Å². The van der Waals surface area contributed by atoms with Crippen LogP contribution in [0.2, 0.25) is 0 Å². The molecule has 23 heavy (non-hydrogen) atoms. The Hall–Kier alpha value is -3.06. The predicted molar refractivity (Wildman–Crippen MR) is 88.2 cm³/mol. The van der Waals surface area contributed by atoms with Crippen molar-refractivity contribution in [2.24, 2.45) is 0 Å². The molecule has 0 amide bonds. The number of rotatable bonds is 4. The molecule has 0 spiro atoms. The lowest BCUT2D eigenvalue weighted by molar-refractivity contribution is 0.0525. The summed E-state index contributed by atoms with van der Waals surface area (Å²) in [6.45, 7) is 2.15. The minimum Gasteiger partial charge on any atom is -0.462 e. The molecule has 0 fully saturated rings. The van der Waals surface area contributed by atoms with Crippen molar-refractivity contribution in [3.05, 3.63) is 70.9 Å². The van der Waals surface area contributed by atoms with E-state index in [9.17, 15) is 4.79 Å². The Morgan fingerprint density at radius 2 is 2.04 bits per heavy atom. The molecular formula is C19H16N2O2. The Kier molecular flexibility index (Phi) is 4.11. The third-order valence-electron chi connectivity index (χ3n) is 3.70. The van der Waals surface area contributed by atoms with Crippen molar-refractivity contribution >= 4 is 16.9 Å². The maximum absolute atomic E-state index is 12.0. The van der Waals surface area contributed by atoms with Crippen LogP contribution in [0.5, 0.6) is 0 Å². The molecule has 4 heteroatoms. The van der Waals surface area contributed by atoms with E-state index < -0.39 is 0 Å². The summed E-state index contributed by atoms with van der Waals surface area (Å²) in [6.07, 6.45) is 0.603. The van der Waals surface area contributed by atoms with Gasteiger partial charge in [0, 0.05) is 23.0 Å². The van der Waals surface area contributed by atoms with Gasteiger partial charge in [0.2, 0.25) is 0 Å². The molecule has 1 heterocycles. The van der Waals surface area contributed by atoms with Crippen LogP contribution in [0.4, 0.5) is 0 Å². The van der Waals surface area contributed by atoms with E-state index >= 15 is 0 Å². The number of aromatic nitrogens is 1. The van der Waals surface area contributed by atoms with Crippen LogP contribution in [0.25, 0.3) is 10.9 Å². The average molecular weight is 304 g/mol. The van der Waals surface area contributed by atoms with Gasteiger partial charge in [0.05, 0.1) is 23.8 Å². The maximum Gasteiger partial charge on any atom is 0.338 e. The van der Waals surface area contributed by atoms with E-state index in [1.807, 2.05) is 36.4 Å². The van der Waals surface area contributed by atoms with Gasteiger partial charge < -0.3 is 9.72 Å². The van der Waals surface area contributed by atoms with Crippen molar-refractivity contribution < 1.29 is 9.53 Å². The molecule has 3 aromatic rings. The van der Waals surface area contributed by atoms with E-state index in [4.69, 9.17) is 10.00 Å². The molecule has 0 saturated carbocycles. The van der Waals surface area contributed by atoms with Crippen molar-refractivity contribution in [2.45, 2.75) is 13.3 Å². The van der Waals surface area contributed by atoms with E-state index in [0.29, 0.717) is 24.2 Å². The molecule has 0 aliphatic rings. The highest BCUT2D eigenvalue weighted by Crippen LogP contribution is 2.21. The summed E-state index contributed by atoms with van der Waals surface area (Å²) in [5.74, 6) is -0.300. The van der Waals surface area contributed by atoms with Gasteiger partial charge in [0.25, 0.3) is 0 Å². The topological polar surface area (TPSA) is 65.9 Å². The minimum atomic E-state index is -0.300. The second kappa shape index (κ2) is 6.37. The maximum atomic E-state index is 12.0. The Balaban J connectivity index is 1.93. The van der Waals surface area contributed by atoms with Gasteiger partial charge in [-0.1, -0.05) is 18.2 Å². The summed E-state index contributed by atoms with van der Waals surface area (Å²) < 4.78 is 5.11. The van der Waals surface area contributed by atoms with E-state index in [-0.39, 0.29) is 5.97 Å². The standard InChI is InChI=1S/C19H16N2O2/c1-2-23-19(22)17-6-4-3-5-14(17)10-16-11-15-9-13(12-20)7-8-18(15)21-16/h3-9,11,21H,2,10H2,1H3. The smallest absolute Gasteiger partial charge is 0.338 e. The van der Waals surface area contributed by atoms with Crippen molar-refractivity contribution in [2.75, 3.05) is 6.61 Å². The molecule has 1 aromatic heterocycles. The third-order valence-corrected chi connectivity index (χ3v) is 3.70. The molecule has 0 saturated heterocycles. The van der Waals surface area contributed by atoms with Crippen LogP contribution in [0.15, 0.2) is 48.5 Å². The lowest BCUT2D eigenvalue weighted by atomic mass is 10.0. The highest BCUT2D eigenvalue weighted by Gasteiger charge is 2.13. The number of nitrogens with one attached hydrogen (secondary N) is 1. The summed E-state index contributed by atoms with van der Waals surface area (Å²) in [6, 6.07) is 17.1. The molecule has 0 aliphatic heterocycles. The van der Waals surface area contributed by atoms with E-state index in [1.165, 1.54) is 0 Å². The first-order chi connectivity index (χ1) is 11.2. The third kappa shape index (κ3) is 3.09. The predicted octanol–water partition coefficient (Wildman–Crippen LogP) is 3.81. The number of benzene rings is 2. The summed E-state index contributed by atoms with van der Waals surface area (Å²) in [5.41, 5.74) is 4.11. The molecular weight excluding hydrogens is 288 g/mol. The first-order valence-electron chi connectivity index (χ1n) is 7.48. The van der Waals surface area contributed by atoms with Crippen molar-refractivity contribution in [1.29, 1.82) is 5.26 Å². The minimum absolute atomic E-state index is 0.300. The fourth-order valence-corrected chi connectivity index (χ4v) is 2.65. The Morgan fingerprint density at radius 1 is 1.22 bits per heavy atom. The van der Waals surface area contributed by atoms with Crippen LogP contribution in [0.1, 0.15) is 34.1 Å². The summed E-state index contributed by atoms with van der Waals surface area (Å²) in [5, 5.41) is 9.97. The molecule has 0 bridgehead atoms. The highest BCUT2D eigenvalue weighted by atomic mass is 16.5. The number of fused-ring (bicyclic) bond motifs is 1. The summed E-state index contributed by atoms with van der Waals surface area (Å²) >= 11 is 0. The first-order valence-corrected chi connectivity index (χ1v) is 7.48. The molecule has 2 aromatic carbocycles. The van der Waals surface area contributed by atoms with Gasteiger partial charge in [-0.05, 0) is 42.8 Å². The van der Waals surface area contributed by atoms with Crippen molar-refractivity contribution in [3.8, 4) is 6.07 Å². The lowest BCUT2D eigenvalue weighted by Gasteiger charge is -2.07. The zero-order chi connectivity index (χ0) is 16.2. The Morgan fingerprint density at radius 3 is 2.83 bits per heavy atom. The van der Waals surface area contributed by atoms with Crippen LogP contribution in [-0.4, -0.2) is 17.6 Å². The largest absolute Gasteiger partial charge is 0.462 e. The fourth-order valence-electron chi connectivity index (χ4n) is 2.65. The van der Waals surface area contributed by atoms with E-state index in [0.717, 1.165) is 22.2 Å². The number of aromatic amines is 1. The first kappa shape index (κ1) is 14.9. The second-order valence-corrected chi connectivity index (χ2v) is 5.26. The molecule has 114 valence electrons. The molecule has 0 radical (unpaired) electrons. The second-order valence-electron chi connectivity index (χ2n) is 5.26. The normalized spacial score (nSPS) is 10.4. The SMILES string of the molecule is CCOC(=O)c1ccccc1Cc1cc2cc(C#N)ccc2[nH]1. The fraction of sp³-hybridized carbons (Fsp3) is 0.158. The number of carbonyl (C=O) groups excluding carboxylic acids is 1. The molecule has 0 aliphatic carbocycles. The monoisotopic (exact) mass is 304 g/mol. The molecule has 3 rings (SSSR count). The van der Waals surface area contributed by atoms with Crippen LogP contribution in [0, 0.1) is 11.3 Å². The zero-order valence-corrected chi connectivity index (χ0v) is 12.8. The number of hydrogen-bond acceptors (Lipinski definition) is 3. The molecule has 1 N–H and O–H groups in total. The van der Waals surface area contributed by atoms with Gasteiger partial charge in [-0.25, -0.2) is 4.79 Å². The van der Waals surface area contributed by atoms with Gasteiger partial charge in [-0.3, -0.25) is 0 Å². The number of nitriles is 1.